The van der Waals surface area contributed by atoms with Crippen molar-refractivity contribution in [3.05, 3.63) is 182 Å². The molecule has 0 atom stereocenters. The molecule has 0 radical (unpaired) electrons. The molecule has 8 aromatic carbocycles. The van der Waals surface area contributed by atoms with Crippen LogP contribution in [0, 0.1) is 0 Å². The standard InChI is InChI=1S/C48H30BN3/c1-3-15-31(16-4-1)50-39-24-12-10-22-37(39)45-42(50)29-30-43-46(45)47-44(51(43)32-17-5-2-6-18-32)28-27-36-35-21-9-14-26-41(35)52-40-25-13-8-20-34(40)33-19-7-11-23-38(33)49(52)48(36)47/h1-30H. The van der Waals surface area contributed by atoms with Gasteiger partial charge in [0.1, 0.15) is 0 Å². The van der Waals surface area contributed by atoms with Crippen LogP contribution in [0.15, 0.2) is 182 Å². The molecule has 10 aromatic rings. The minimum atomic E-state index is -0.0211. The summed E-state index contributed by atoms with van der Waals surface area (Å²) in [6, 6.07) is 67.1. The van der Waals surface area contributed by atoms with Crippen molar-refractivity contribution in [3.63, 3.8) is 0 Å². The number of para-hydroxylation sites is 5. The Kier molecular flexibility index (Phi) is 5.58. The predicted molar refractivity (Wildman–Crippen MR) is 220 cm³/mol. The Balaban J connectivity index is 1.33. The Morgan fingerprint density at radius 3 is 1.54 bits per heavy atom. The van der Waals surface area contributed by atoms with Crippen LogP contribution in [0.2, 0.25) is 0 Å². The van der Waals surface area contributed by atoms with E-state index >= 15 is 0 Å². The van der Waals surface area contributed by atoms with E-state index in [1.807, 2.05) is 0 Å². The maximum Gasteiger partial charge on any atom is 0.330 e. The summed E-state index contributed by atoms with van der Waals surface area (Å²) >= 11 is 0. The van der Waals surface area contributed by atoms with Crippen LogP contribution in [-0.4, -0.2) is 16.0 Å². The Morgan fingerprint density at radius 1 is 0.327 bits per heavy atom. The van der Waals surface area contributed by atoms with Gasteiger partial charge in [-0.25, -0.2) is 0 Å². The topological polar surface area (TPSA) is 13.1 Å². The molecule has 0 fully saturated rings. The molecule has 0 bridgehead atoms. The molecule has 2 aromatic heterocycles. The van der Waals surface area contributed by atoms with Gasteiger partial charge in [0.15, 0.2) is 0 Å². The first kappa shape index (κ1) is 28.0. The van der Waals surface area contributed by atoms with E-state index in [4.69, 9.17) is 0 Å². The predicted octanol–water partition coefficient (Wildman–Crippen LogP) is 10.8. The number of rotatable bonds is 2. The third-order valence-corrected chi connectivity index (χ3v) is 11.5. The smallest absolute Gasteiger partial charge is 0.330 e. The highest BCUT2D eigenvalue weighted by atomic mass is 15.1. The van der Waals surface area contributed by atoms with Crippen LogP contribution < -0.4 is 15.7 Å². The third-order valence-electron chi connectivity index (χ3n) is 11.5. The first-order valence-corrected chi connectivity index (χ1v) is 18.1. The van der Waals surface area contributed by atoms with Gasteiger partial charge in [-0.2, -0.15) is 0 Å². The lowest BCUT2D eigenvalue weighted by Gasteiger charge is -2.43. The fraction of sp³-hybridized carbons (Fsp3) is 0. The molecule has 240 valence electrons. The van der Waals surface area contributed by atoms with Crippen LogP contribution >= 0.6 is 0 Å². The second-order valence-electron chi connectivity index (χ2n) is 14.0. The molecule has 0 unspecified atom stereocenters. The molecule has 12 rings (SSSR count). The molecule has 3 nitrogen and oxygen atoms in total. The molecular weight excluding hydrogens is 629 g/mol. The minimum absolute atomic E-state index is 0.0211. The molecule has 4 heteroatoms. The van der Waals surface area contributed by atoms with Crippen molar-refractivity contribution < 1.29 is 0 Å². The first-order chi connectivity index (χ1) is 25.9. The van der Waals surface area contributed by atoms with Crippen molar-refractivity contribution in [1.82, 2.24) is 9.13 Å². The molecule has 0 spiro atoms. The first-order valence-electron chi connectivity index (χ1n) is 18.1. The molecule has 4 heterocycles. The minimum Gasteiger partial charge on any atom is -0.376 e. The lowest BCUT2D eigenvalue weighted by atomic mass is 9.42. The molecule has 0 amide bonds. The molecular formula is C48H30BN3. The van der Waals surface area contributed by atoms with Gasteiger partial charge < -0.3 is 13.9 Å². The summed E-state index contributed by atoms with van der Waals surface area (Å²) in [7, 11) is 0. The van der Waals surface area contributed by atoms with E-state index in [0.717, 1.165) is 5.69 Å². The van der Waals surface area contributed by atoms with Crippen molar-refractivity contribution in [2.24, 2.45) is 0 Å². The summed E-state index contributed by atoms with van der Waals surface area (Å²) in [5, 5.41) is 5.17. The van der Waals surface area contributed by atoms with Gasteiger partial charge in [-0.15, -0.1) is 0 Å². The zero-order valence-electron chi connectivity index (χ0n) is 28.2. The van der Waals surface area contributed by atoms with E-state index in [0.29, 0.717) is 0 Å². The van der Waals surface area contributed by atoms with Crippen LogP contribution in [0.3, 0.4) is 0 Å². The van der Waals surface area contributed by atoms with Gasteiger partial charge in [0.2, 0.25) is 0 Å². The van der Waals surface area contributed by atoms with Crippen molar-refractivity contribution in [2.75, 3.05) is 4.81 Å². The second-order valence-corrected chi connectivity index (χ2v) is 14.0. The van der Waals surface area contributed by atoms with Crippen LogP contribution in [0.4, 0.5) is 11.4 Å². The van der Waals surface area contributed by atoms with Crippen LogP contribution in [-0.2, 0) is 0 Å². The highest BCUT2D eigenvalue weighted by Gasteiger charge is 2.43. The highest BCUT2D eigenvalue weighted by molar-refractivity contribution is 6.94. The van der Waals surface area contributed by atoms with Gasteiger partial charge in [-0.3, -0.25) is 0 Å². The summed E-state index contributed by atoms with van der Waals surface area (Å²) in [5.41, 5.74) is 17.5. The van der Waals surface area contributed by atoms with Crippen LogP contribution in [0.1, 0.15) is 0 Å². The van der Waals surface area contributed by atoms with Crippen molar-refractivity contribution in [2.45, 2.75) is 0 Å². The summed E-state index contributed by atoms with van der Waals surface area (Å²) in [5.74, 6) is 0. The van der Waals surface area contributed by atoms with Crippen LogP contribution in [0.25, 0.3) is 77.2 Å². The number of nitrogens with zero attached hydrogens (tertiary/aromatic N) is 3. The SMILES string of the molecule is c1ccc(-n2c3ccccc3c3c4c5c6c(ccc5n(-c5ccccc5)c4ccc32)-c2ccccc2N2B6c3ccccc3-c3ccccc32)cc1. The number of anilines is 2. The monoisotopic (exact) mass is 659 g/mol. The maximum absolute atomic E-state index is 2.62. The lowest BCUT2D eigenvalue weighted by Crippen LogP contribution is -2.59. The summed E-state index contributed by atoms with van der Waals surface area (Å²) in [6.07, 6.45) is 0. The Morgan fingerprint density at radius 2 is 0.827 bits per heavy atom. The number of hydrogen-bond donors (Lipinski definition) is 0. The van der Waals surface area contributed by atoms with Crippen molar-refractivity contribution in [1.29, 1.82) is 0 Å². The fourth-order valence-corrected chi connectivity index (χ4v) is 9.54. The summed E-state index contributed by atoms with van der Waals surface area (Å²) < 4.78 is 4.94. The van der Waals surface area contributed by atoms with Gasteiger partial charge in [-0.05, 0) is 82.7 Å². The molecule has 2 aliphatic rings. The zero-order valence-corrected chi connectivity index (χ0v) is 28.2. The summed E-state index contributed by atoms with van der Waals surface area (Å²) in [6.45, 7) is -0.0211. The lowest BCUT2D eigenvalue weighted by molar-refractivity contribution is 1.17. The van der Waals surface area contributed by atoms with Crippen molar-refractivity contribution >= 4 is 72.8 Å². The average molecular weight is 660 g/mol. The van der Waals surface area contributed by atoms with Crippen LogP contribution in [0.5, 0.6) is 0 Å². The van der Waals surface area contributed by atoms with Gasteiger partial charge in [0.25, 0.3) is 0 Å². The van der Waals surface area contributed by atoms with Crippen molar-refractivity contribution in [3.8, 4) is 33.6 Å². The number of hydrogen-bond acceptors (Lipinski definition) is 1. The normalized spacial score (nSPS) is 12.9. The Bertz CT molecular complexity index is 3080. The number of fused-ring (bicyclic) bond motifs is 19. The Labute approximate surface area is 301 Å². The number of aromatic nitrogens is 2. The van der Waals surface area contributed by atoms with E-state index in [-0.39, 0.29) is 6.85 Å². The maximum atomic E-state index is 2.62. The van der Waals surface area contributed by atoms with Gasteiger partial charge in [0, 0.05) is 55.4 Å². The number of benzene rings is 8. The largest absolute Gasteiger partial charge is 0.376 e. The van der Waals surface area contributed by atoms with Gasteiger partial charge >= 0.3 is 6.85 Å². The molecule has 52 heavy (non-hydrogen) atoms. The van der Waals surface area contributed by atoms with E-state index in [1.54, 1.807) is 0 Å². The fourth-order valence-electron chi connectivity index (χ4n) is 9.54. The highest BCUT2D eigenvalue weighted by Crippen LogP contribution is 2.49. The quantitative estimate of drug-likeness (QED) is 0.168. The Hall–Kier alpha value is -6.78. The molecule has 0 N–H and O–H groups in total. The van der Waals surface area contributed by atoms with Gasteiger partial charge in [0.05, 0.1) is 22.1 Å². The molecule has 0 aliphatic carbocycles. The third kappa shape index (κ3) is 3.56. The van der Waals surface area contributed by atoms with E-state index < -0.39 is 0 Å². The zero-order chi connectivity index (χ0) is 33.9. The van der Waals surface area contributed by atoms with E-state index in [2.05, 4.69) is 196 Å². The molecule has 2 aliphatic heterocycles. The van der Waals surface area contributed by atoms with Gasteiger partial charge in [-0.1, -0.05) is 121 Å². The molecule has 0 saturated carbocycles. The van der Waals surface area contributed by atoms with E-state index in [9.17, 15) is 0 Å². The summed E-state index contributed by atoms with van der Waals surface area (Å²) in [4.78, 5) is 2.62. The molecule has 0 saturated heterocycles. The second kappa shape index (κ2) is 10.4. The van der Waals surface area contributed by atoms with E-state index in [1.165, 1.54) is 93.9 Å². The average Bonchev–Trinajstić information content (AvgIpc) is 3.74.